The van der Waals surface area contributed by atoms with Crippen molar-refractivity contribution in [1.29, 1.82) is 0 Å². The number of ether oxygens (including phenoxy) is 1. The van der Waals surface area contributed by atoms with Crippen LogP contribution in [0.15, 0.2) is 18.2 Å². The molecule has 1 aromatic rings. The standard InChI is InChI=1S/C13H15F4NO/c14-10-3-4-12(11(6-10)13(15,16)17)19-8-9-2-1-5-18-7-9/h3-4,6,9,18H,1-2,5,7-8H2. The Morgan fingerprint density at radius 3 is 2.74 bits per heavy atom. The molecule has 1 fully saturated rings. The van der Waals surface area contributed by atoms with Gasteiger partial charge in [0.05, 0.1) is 6.61 Å². The van der Waals surface area contributed by atoms with Crippen molar-refractivity contribution in [2.75, 3.05) is 19.7 Å². The van der Waals surface area contributed by atoms with Gasteiger partial charge >= 0.3 is 6.18 Å². The second kappa shape index (κ2) is 5.77. The minimum atomic E-state index is -4.61. The van der Waals surface area contributed by atoms with E-state index in [4.69, 9.17) is 4.74 Å². The average molecular weight is 277 g/mol. The molecule has 0 aromatic heterocycles. The fourth-order valence-electron chi connectivity index (χ4n) is 2.12. The second-order valence-electron chi connectivity index (χ2n) is 4.66. The number of piperidine rings is 1. The van der Waals surface area contributed by atoms with Crippen molar-refractivity contribution in [3.63, 3.8) is 0 Å². The zero-order chi connectivity index (χ0) is 13.9. The summed E-state index contributed by atoms with van der Waals surface area (Å²) in [5, 5.41) is 3.16. The van der Waals surface area contributed by atoms with Crippen LogP contribution in [-0.4, -0.2) is 19.7 Å². The minimum Gasteiger partial charge on any atom is -0.493 e. The van der Waals surface area contributed by atoms with E-state index in [-0.39, 0.29) is 18.3 Å². The molecule has 0 radical (unpaired) electrons. The average Bonchev–Trinajstić information content (AvgIpc) is 2.37. The summed E-state index contributed by atoms with van der Waals surface area (Å²) in [6.45, 7) is 1.88. The van der Waals surface area contributed by atoms with Gasteiger partial charge in [-0.15, -0.1) is 0 Å². The zero-order valence-corrected chi connectivity index (χ0v) is 10.3. The quantitative estimate of drug-likeness (QED) is 0.856. The Balaban J connectivity index is 2.06. The van der Waals surface area contributed by atoms with Crippen LogP contribution in [0.2, 0.25) is 0 Å². The second-order valence-corrected chi connectivity index (χ2v) is 4.66. The van der Waals surface area contributed by atoms with Gasteiger partial charge in [-0.1, -0.05) is 0 Å². The van der Waals surface area contributed by atoms with Crippen molar-refractivity contribution in [2.24, 2.45) is 5.92 Å². The molecule has 0 spiro atoms. The Bertz CT molecular complexity index is 427. The number of hydrogen-bond acceptors (Lipinski definition) is 2. The zero-order valence-electron chi connectivity index (χ0n) is 10.3. The predicted molar refractivity (Wildman–Crippen MR) is 62.5 cm³/mol. The molecule has 106 valence electrons. The summed E-state index contributed by atoms with van der Waals surface area (Å²) in [5.74, 6) is -1.03. The smallest absolute Gasteiger partial charge is 0.420 e. The number of alkyl halides is 3. The van der Waals surface area contributed by atoms with Gasteiger partial charge in [-0.05, 0) is 37.6 Å². The fourth-order valence-corrected chi connectivity index (χ4v) is 2.12. The molecule has 1 unspecified atom stereocenters. The van der Waals surface area contributed by atoms with E-state index in [1.807, 2.05) is 0 Å². The van der Waals surface area contributed by atoms with E-state index in [9.17, 15) is 17.6 Å². The van der Waals surface area contributed by atoms with Gasteiger partial charge in [0.1, 0.15) is 17.1 Å². The molecule has 0 bridgehead atoms. The first-order valence-corrected chi connectivity index (χ1v) is 6.17. The van der Waals surface area contributed by atoms with Crippen LogP contribution in [0.1, 0.15) is 18.4 Å². The van der Waals surface area contributed by atoms with Gasteiger partial charge < -0.3 is 10.1 Å². The van der Waals surface area contributed by atoms with E-state index in [0.717, 1.165) is 38.1 Å². The van der Waals surface area contributed by atoms with E-state index < -0.39 is 17.6 Å². The Morgan fingerprint density at radius 2 is 2.11 bits per heavy atom. The van der Waals surface area contributed by atoms with Gasteiger partial charge in [0.15, 0.2) is 0 Å². The molecular formula is C13H15F4NO. The molecule has 1 atom stereocenters. The molecule has 1 aromatic carbocycles. The van der Waals surface area contributed by atoms with E-state index in [1.54, 1.807) is 0 Å². The number of halogens is 4. The highest BCUT2D eigenvalue weighted by atomic mass is 19.4. The van der Waals surface area contributed by atoms with E-state index in [2.05, 4.69) is 5.32 Å². The molecule has 6 heteroatoms. The van der Waals surface area contributed by atoms with Gasteiger partial charge in [-0.3, -0.25) is 0 Å². The van der Waals surface area contributed by atoms with Crippen LogP contribution in [0.3, 0.4) is 0 Å². The molecule has 2 rings (SSSR count). The lowest BCUT2D eigenvalue weighted by Gasteiger charge is -2.23. The SMILES string of the molecule is Fc1ccc(OCC2CCCNC2)c(C(F)(F)F)c1. The number of hydrogen-bond donors (Lipinski definition) is 1. The third kappa shape index (κ3) is 3.83. The Morgan fingerprint density at radius 1 is 1.32 bits per heavy atom. The Kier molecular flexibility index (Phi) is 4.29. The molecular weight excluding hydrogens is 262 g/mol. The van der Waals surface area contributed by atoms with Gasteiger partial charge in [0.2, 0.25) is 0 Å². The van der Waals surface area contributed by atoms with Crippen molar-refractivity contribution < 1.29 is 22.3 Å². The third-order valence-electron chi connectivity index (χ3n) is 3.12. The first-order chi connectivity index (χ1) is 8.97. The molecule has 1 N–H and O–H groups in total. The minimum absolute atomic E-state index is 0.194. The summed E-state index contributed by atoms with van der Waals surface area (Å²) in [7, 11) is 0. The van der Waals surface area contributed by atoms with Crippen LogP contribution < -0.4 is 10.1 Å². The van der Waals surface area contributed by atoms with Gasteiger partial charge in [0.25, 0.3) is 0 Å². The van der Waals surface area contributed by atoms with Crippen LogP contribution in [0.5, 0.6) is 5.75 Å². The van der Waals surface area contributed by atoms with Crippen LogP contribution in [0.25, 0.3) is 0 Å². The van der Waals surface area contributed by atoms with Crippen LogP contribution >= 0.6 is 0 Å². The number of rotatable bonds is 3. The molecule has 2 nitrogen and oxygen atoms in total. The maximum atomic E-state index is 12.9. The van der Waals surface area contributed by atoms with Crippen LogP contribution in [0.4, 0.5) is 17.6 Å². The molecule has 0 aliphatic carbocycles. The highest BCUT2D eigenvalue weighted by Crippen LogP contribution is 2.36. The lowest BCUT2D eigenvalue weighted by Crippen LogP contribution is -2.33. The van der Waals surface area contributed by atoms with Crippen molar-refractivity contribution in [3.05, 3.63) is 29.6 Å². The van der Waals surface area contributed by atoms with Crippen LogP contribution in [-0.2, 0) is 6.18 Å². The molecule has 19 heavy (non-hydrogen) atoms. The van der Waals surface area contributed by atoms with E-state index in [0.29, 0.717) is 6.07 Å². The molecule has 0 saturated carbocycles. The lowest BCUT2D eigenvalue weighted by atomic mass is 10.0. The predicted octanol–water partition coefficient (Wildman–Crippen LogP) is 3.22. The molecule has 1 aliphatic rings. The highest BCUT2D eigenvalue weighted by molar-refractivity contribution is 5.36. The molecule has 1 heterocycles. The summed E-state index contributed by atoms with van der Waals surface area (Å²) in [4.78, 5) is 0. The van der Waals surface area contributed by atoms with Crippen molar-refractivity contribution in [1.82, 2.24) is 5.32 Å². The van der Waals surface area contributed by atoms with Crippen molar-refractivity contribution in [3.8, 4) is 5.75 Å². The van der Waals surface area contributed by atoms with Crippen LogP contribution in [0, 0.1) is 11.7 Å². The topological polar surface area (TPSA) is 21.3 Å². The summed E-state index contributed by atoms with van der Waals surface area (Å²) < 4.78 is 56.3. The maximum Gasteiger partial charge on any atom is 0.420 e. The molecule has 1 aliphatic heterocycles. The van der Waals surface area contributed by atoms with Crippen molar-refractivity contribution in [2.45, 2.75) is 19.0 Å². The van der Waals surface area contributed by atoms with Gasteiger partial charge in [-0.25, -0.2) is 4.39 Å². The highest BCUT2D eigenvalue weighted by Gasteiger charge is 2.35. The fraction of sp³-hybridized carbons (Fsp3) is 0.538. The Labute approximate surface area is 108 Å². The summed E-state index contributed by atoms with van der Waals surface area (Å²) >= 11 is 0. The van der Waals surface area contributed by atoms with E-state index >= 15 is 0 Å². The van der Waals surface area contributed by atoms with Gasteiger partial charge in [-0.2, -0.15) is 13.2 Å². The first-order valence-electron chi connectivity index (χ1n) is 6.17. The summed E-state index contributed by atoms with van der Waals surface area (Å²) in [6.07, 6.45) is -2.69. The molecule has 1 saturated heterocycles. The lowest BCUT2D eigenvalue weighted by molar-refractivity contribution is -0.139. The summed E-state index contributed by atoms with van der Waals surface area (Å²) in [5.41, 5.74) is -1.06. The summed E-state index contributed by atoms with van der Waals surface area (Å²) in [6, 6.07) is 2.48. The largest absolute Gasteiger partial charge is 0.493 e. The maximum absolute atomic E-state index is 12.9. The van der Waals surface area contributed by atoms with E-state index in [1.165, 1.54) is 0 Å². The van der Waals surface area contributed by atoms with Crippen molar-refractivity contribution >= 4 is 0 Å². The Hall–Kier alpha value is -1.30. The normalized spacial score (nSPS) is 20.3. The first kappa shape index (κ1) is 14.1. The monoisotopic (exact) mass is 277 g/mol. The third-order valence-corrected chi connectivity index (χ3v) is 3.12. The number of benzene rings is 1. The molecule has 0 amide bonds. The van der Waals surface area contributed by atoms with Gasteiger partial charge in [0, 0.05) is 12.5 Å². The number of nitrogens with one attached hydrogen (secondary N) is 1.